The number of nitrogens with one attached hydrogen (secondary N) is 1. The molecule has 0 bridgehead atoms. The lowest BCUT2D eigenvalue weighted by molar-refractivity contribution is -0.201. The Morgan fingerprint density at radius 3 is 2.73 bits per heavy atom. The second kappa shape index (κ2) is 4.63. The number of alkyl halides is 3. The zero-order chi connectivity index (χ0) is 11.5. The summed E-state index contributed by atoms with van der Waals surface area (Å²) >= 11 is 1.26. The van der Waals surface area contributed by atoms with Gasteiger partial charge in [0.2, 0.25) is 0 Å². The average molecular weight is 239 g/mol. The molecule has 0 radical (unpaired) electrons. The third kappa shape index (κ3) is 3.52. The highest BCUT2D eigenvalue weighted by Crippen LogP contribution is 2.19. The number of hydrogen-bond acceptors (Lipinski definition) is 3. The highest BCUT2D eigenvalue weighted by Gasteiger charge is 2.38. The third-order valence-electron chi connectivity index (χ3n) is 1.62. The summed E-state index contributed by atoms with van der Waals surface area (Å²) in [7, 11) is 0. The van der Waals surface area contributed by atoms with Crippen LogP contribution >= 0.6 is 11.3 Å². The second-order valence-electron chi connectivity index (χ2n) is 2.78. The van der Waals surface area contributed by atoms with Crippen LogP contribution in [0, 0.1) is 0 Å². The summed E-state index contributed by atoms with van der Waals surface area (Å²) in [5.74, 6) is -0.625. The summed E-state index contributed by atoms with van der Waals surface area (Å²) < 4.78 is 35.5. The molecule has 1 aromatic heterocycles. The fourth-order valence-electron chi connectivity index (χ4n) is 0.801. The standard InChI is InChI=1S/C8H8F3NO2S/c9-8(10,11)6(13)3-12-7(14)5-1-2-15-4-5/h1-2,4,6,13H,3H2,(H,12,14). The number of thiophene rings is 1. The topological polar surface area (TPSA) is 49.3 Å². The van der Waals surface area contributed by atoms with E-state index in [0.29, 0.717) is 0 Å². The van der Waals surface area contributed by atoms with Gasteiger partial charge in [-0.05, 0) is 11.4 Å². The lowest BCUT2D eigenvalue weighted by Gasteiger charge is -2.14. The molecule has 1 unspecified atom stereocenters. The number of hydrogen-bond donors (Lipinski definition) is 2. The van der Waals surface area contributed by atoms with Gasteiger partial charge in [0.05, 0.1) is 6.54 Å². The van der Waals surface area contributed by atoms with Crippen molar-refractivity contribution in [2.45, 2.75) is 12.3 Å². The van der Waals surface area contributed by atoms with Crippen molar-refractivity contribution in [3.8, 4) is 0 Å². The van der Waals surface area contributed by atoms with Gasteiger partial charge in [0.25, 0.3) is 5.91 Å². The Labute approximate surface area is 87.5 Å². The molecule has 0 spiro atoms. The van der Waals surface area contributed by atoms with E-state index >= 15 is 0 Å². The molecule has 0 saturated carbocycles. The molecule has 0 aliphatic carbocycles. The Balaban J connectivity index is 2.42. The molecule has 1 heterocycles. The third-order valence-corrected chi connectivity index (χ3v) is 2.30. The average Bonchev–Trinajstić information content (AvgIpc) is 2.64. The van der Waals surface area contributed by atoms with E-state index in [-0.39, 0.29) is 5.56 Å². The molecule has 84 valence electrons. The molecule has 0 aromatic carbocycles. The maximum atomic E-state index is 11.8. The van der Waals surface area contributed by atoms with Crippen molar-refractivity contribution >= 4 is 17.2 Å². The van der Waals surface area contributed by atoms with Gasteiger partial charge in [-0.15, -0.1) is 0 Å². The predicted octanol–water partition coefficient (Wildman–Crippen LogP) is 1.40. The monoisotopic (exact) mass is 239 g/mol. The van der Waals surface area contributed by atoms with Gasteiger partial charge in [-0.2, -0.15) is 24.5 Å². The Kier molecular flexibility index (Phi) is 3.70. The van der Waals surface area contributed by atoms with E-state index in [0.717, 1.165) is 0 Å². The molecular weight excluding hydrogens is 231 g/mol. The molecule has 15 heavy (non-hydrogen) atoms. The molecule has 1 amide bonds. The molecule has 1 rings (SSSR count). The summed E-state index contributed by atoms with van der Waals surface area (Å²) in [6, 6.07) is 1.49. The highest BCUT2D eigenvalue weighted by molar-refractivity contribution is 7.08. The number of carbonyl (C=O) groups is 1. The molecule has 0 aliphatic heterocycles. The Morgan fingerprint density at radius 2 is 2.27 bits per heavy atom. The van der Waals surface area contributed by atoms with E-state index in [1.165, 1.54) is 22.8 Å². The van der Waals surface area contributed by atoms with Crippen LogP contribution in [0.4, 0.5) is 13.2 Å². The van der Waals surface area contributed by atoms with E-state index in [9.17, 15) is 18.0 Å². The zero-order valence-electron chi connectivity index (χ0n) is 7.41. The van der Waals surface area contributed by atoms with E-state index in [1.807, 2.05) is 5.32 Å². The summed E-state index contributed by atoms with van der Waals surface area (Å²) in [4.78, 5) is 11.2. The van der Waals surface area contributed by atoms with Crippen LogP contribution in [-0.4, -0.2) is 29.8 Å². The molecule has 7 heteroatoms. The van der Waals surface area contributed by atoms with Crippen LogP contribution in [0.3, 0.4) is 0 Å². The largest absolute Gasteiger partial charge is 0.416 e. The van der Waals surface area contributed by atoms with Crippen molar-refractivity contribution in [3.05, 3.63) is 22.4 Å². The molecule has 1 atom stereocenters. The van der Waals surface area contributed by atoms with E-state index in [4.69, 9.17) is 5.11 Å². The molecule has 2 N–H and O–H groups in total. The minimum Gasteiger partial charge on any atom is -0.382 e. The first-order valence-corrected chi connectivity index (χ1v) is 4.90. The summed E-state index contributed by atoms with van der Waals surface area (Å²) in [6.45, 7) is -0.835. The van der Waals surface area contributed by atoms with Crippen LogP contribution in [0.15, 0.2) is 16.8 Å². The lowest BCUT2D eigenvalue weighted by atomic mass is 10.3. The van der Waals surface area contributed by atoms with Crippen molar-refractivity contribution in [1.29, 1.82) is 0 Å². The minimum atomic E-state index is -4.71. The number of carbonyl (C=O) groups excluding carboxylic acids is 1. The fourth-order valence-corrected chi connectivity index (χ4v) is 1.44. The van der Waals surface area contributed by atoms with Gasteiger partial charge in [-0.1, -0.05) is 0 Å². The Hall–Kier alpha value is -1.08. The van der Waals surface area contributed by atoms with Crippen LogP contribution in [0.25, 0.3) is 0 Å². The van der Waals surface area contributed by atoms with E-state index in [1.54, 1.807) is 5.38 Å². The SMILES string of the molecule is O=C(NCC(O)C(F)(F)F)c1ccsc1. The molecule has 0 fully saturated rings. The van der Waals surface area contributed by atoms with Gasteiger partial charge in [-0.25, -0.2) is 0 Å². The number of aliphatic hydroxyl groups is 1. The van der Waals surface area contributed by atoms with Crippen LogP contribution in [0.1, 0.15) is 10.4 Å². The van der Waals surface area contributed by atoms with Crippen molar-refractivity contribution in [3.63, 3.8) is 0 Å². The first kappa shape index (κ1) is 12.0. The van der Waals surface area contributed by atoms with Gasteiger partial charge in [-0.3, -0.25) is 4.79 Å². The van der Waals surface area contributed by atoms with Gasteiger partial charge in [0.15, 0.2) is 6.10 Å². The van der Waals surface area contributed by atoms with Gasteiger partial charge < -0.3 is 10.4 Å². The van der Waals surface area contributed by atoms with Crippen molar-refractivity contribution < 1.29 is 23.1 Å². The van der Waals surface area contributed by atoms with Gasteiger partial charge in [0, 0.05) is 10.9 Å². The van der Waals surface area contributed by atoms with Crippen molar-refractivity contribution in [2.75, 3.05) is 6.54 Å². The highest BCUT2D eigenvalue weighted by atomic mass is 32.1. The maximum Gasteiger partial charge on any atom is 0.416 e. The predicted molar refractivity (Wildman–Crippen MR) is 48.7 cm³/mol. The van der Waals surface area contributed by atoms with E-state index < -0.39 is 24.7 Å². The maximum absolute atomic E-state index is 11.8. The molecule has 0 saturated heterocycles. The number of aliphatic hydroxyl groups excluding tert-OH is 1. The molecular formula is C8H8F3NO2S. The molecule has 3 nitrogen and oxygen atoms in total. The quantitative estimate of drug-likeness (QED) is 0.837. The summed E-state index contributed by atoms with van der Waals surface area (Å²) in [5, 5.41) is 13.7. The first-order chi connectivity index (χ1) is 6.91. The Bertz CT molecular complexity index is 323. The minimum absolute atomic E-state index is 0.286. The summed E-state index contributed by atoms with van der Waals surface area (Å²) in [6.07, 6.45) is -7.23. The van der Waals surface area contributed by atoms with Gasteiger partial charge in [0.1, 0.15) is 0 Å². The lowest BCUT2D eigenvalue weighted by Crippen LogP contribution is -2.40. The normalized spacial score (nSPS) is 13.6. The molecule has 0 aliphatic rings. The summed E-state index contributed by atoms with van der Waals surface area (Å²) in [5.41, 5.74) is 0.286. The molecule has 1 aromatic rings. The van der Waals surface area contributed by atoms with E-state index in [2.05, 4.69) is 0 Å². The fraction of sp³-hybridized carbons (Fsp3) is 0.375. The van der Waals surface area contributed by atoms with Crippen molar-refractivity contribution in [1.82, 2.24) is 5.32 Å². The number of amides is 1. The van der Waals surface area contributed by atoms with Gasteiger partial charge >= 0.3 is 6.18 Å². The van der Waals surface area contributed by atoms with Crippen LogP contribution < -0.4 is 5.32 Å². The number of rotatable bonds is 3. The number of halogens is 3. The first-order valence-electron chi connectivity index (χ1n) is 3.96. The van der Waals surface area contributed by atoms with Crippen LogP contribution in [0.2, 0.25) is 0 Å². The van der Waals surface area contributed by atoms with Crippen molar-refractivity contribution in [2.24, 2.45) is 0 Å². The van der Waals surface area contributed by atoms with Crippen LogP contribution in [-0.2, 0) is 0 Å². The van der Waals surface area contributed by atoms with Crippen LogP contribution in [0.5, 0.6) is 0 Å². The zero-order valence-corrected chi connectivity index (χ0v) is 8.23. The Morgan fingerprint density at radius 1 is 1.60 bits per heavy atom. The second-order valence-corrected chi connectivity index (χ2v) is 3.56. The smallest absolute Gasteiger partial charge is 0.382 e.